The zero-order valence-electron chi connectivity index (χ0n) is 12.1. The maximum atomic E-state index is 13.5. The zero-order valence-corrected chi connectivity index (χ0v) is 12.8. The number of hydrogen-bond donors (Lipinski definition) is 1. The van der Waals surface area contributed by atoms with Crippen LogP contribution in [0.5, 0.6) is 0 Å². The predicted octanol–water partition coefficient (Wildman–Crippen LogP) is 4.56. The Hall–Kier alpha value is -1.94. The van der Waals surface area contributed by atoms with Crippen LogP contribution in [0.1, 0.15) is 41.4 Å². The molecule has 0 aliphatic rings. The third-order valence-corrected chi connectivity index (χ3v) is 3.29. The van der Waals surface area contributed by atoms with E-state index in [9.17, 15) is 9.18 Å². The summed E-state index contributed by atoms with van der Waals surface area (Å²) >= 11 is 5.94. The molecule has 1 aromatic heterocycles. The molecular weight excluding hydrogens is 291 g/mol. The topological polar surface area (TPSA) is 42.0 Å². The lowest BCUT2D eigenvalue weighted by Crippen LogP contribution is -2.13. The molecule has 0 saturated heterocycles. The molecule has 0 fully saturated rings. The monoisotopic (exact) mass is 306 g/mol. The number of nitrogens with one attached hydrogen (secondary N) is 1. The molecule has 0 unspecified atom stereocenters. The second-order valence-electron chi connectivity index (χ2n) is 5.18. The first kappa shape index (κ1) is 15.4. The Morgan fingerprint density at radius 1 is 1.29 bits per heavy atom. The number of anilines is 1. The van der Waals surface area contributed by atoms with E-state index >= 15 is 0 Å². The molecule has 2 rings (SSSR count). The first-order valence-corrected chi connectivity index (χ1v) is 6.99. The highest BCUT2D eigenvalue weighted by atomic mass is 35.5. The van der Waals surface area contributed by atoms with Gasteiger partial charge in [-0.3, -0.25) is 4.79 Å². The fourth-order valence-electron chi connectivity index (χ4n) is 1.82. The van der Waals surface area contributed by atoms with E-state index < -0.39 is 0 Å². The Labute approximate surface area is 128 Å². The Bertz CT molecular complexity index is 686. The van der Waals surface area contributed by atoms with Gasteiger partial charge in [0.25, 0.3) is 5.91 Å². The largest absolute Gasteiger partial charge is 0.322 e. The van der Waals surface area contributed by atoms with Gasteiger partial charge in [-0.05, 0) is 42.7 Å². The molecule has 0 aliphatic carbocycles. The van der Waals surface area contributed by atoms with Gasteiger partial charge in [0.05, 0.1) is 0 Å². The normalized spacial score (nSPS) is 10.8. The van der Waals surface area contributed by atoms with E-state index in [1.165, 1.54) is 12.1 Å². The van der Waals surface area contributed by atoms with Gasteiger partial charge >= 0.3 is 0 Å². The quantitative estimate of drug-likeness (QED) is 0.845. The highest BCUT2D eigenvalue weighted by molar-refractivity contribution is 6.29. The highest BCUT2D eigenvalue weighted by Gasteiger charge is 2.12. The van der Waals surface area contributed by atoms with Crippen molar-refractivity contribution in [2.24, 2.45) is 0 Å². The molecule has 3 nitrogen and oxygen atoms in total. The van der Waals surface area contributed by atoms with Crippen LogP contribution in [0.2, 0.25) is 5.15 Å². The van der Waals surface area contributed by atoms with Crippen LogP contribution in [0.25, 0.3) is 0 Å². The Kier molecular flexibility index (Phi) is 4.58. The van der Waals surface area contributed by atoms with Crippen LogP contribution in [0.4, 0.5) is 10.1 Å². The minimum absolute atomic E-state index is 0.159. The number of pyridine rings is 1. The minimum atomic E-state index is -0.358. The average Bonchev–Trinajstić information content (AvgIpc) is 2.42. The number of rotatable bonds is 3. The molecule has 0 radical (unpaired) electrons. The average molecular weight is 307 g/mol. The Morgan fingerprint density at radius 2 is 2.00 bits per heavy atom. The van der Waals surface area contributed by atoms with Crippen LogP contribution in [0.15, 0.2) is 30.3 Å². The second kappa shape index (κ2) is 6.22. The summed E-state index contributed by atoms with van der Waals surface area (Å²) in [5.41, 5.74) is 2.08. The Balaban J connectivity index is 2.25. The number of benzene rings is 1. The molecule has 2 aromatic rings. The molecule has 1 N–H and O–H groups in total. The number of aromatic nitrogens is 1. The van der Waals surface area contributed by atoms with Gasteiger partial charge in [0.2, 0.25) is 0 Å². The summed E-state index contributed by atoms with van der Waals surface area (Å²) in [6, 6.07) is 7.75. The molecule has 21 heavy (non-hydrogen) atoms. The lowest BCUT2D eigenvalue weighted by atomic mass is 10.1. The molecule has 1 amide bonds. The van der Waals surface area contributed by atoms with Crippen molar-refractivity contribution in [2.75, 3.05) is 5.32 Å². The van der Waals surface area contributed by atoms with Gasteiger partial charge in [-0.25, -0.2) is 9.37 Å². The number of nitrogens with zero attached hydrogens (tertiary/aromatic N) is 1. The van der Waals surface area contributed by atoms with E-state index in [2.05, 4.69) is 10.3 Å². The van der Waals surface area contributed by atoms with Crippen LogP contribution in [-0.4, -0.2) is 10.9 Å². The van der Waals surface area contributed by atoms with Gasteiger partial charge in [-0.15, -0.1) is 0 Å². The first-order chi connectivity index (χ1) is 9.86. The van der Waals surface area contributed by atoms with Crippen molar-refractivity contribution >= 4 is 23.2 Å². The summed E-state index contributed by atoms with van der Waals surface area (Å²) in [7, 11) is 0. The number of amides is 1. The third kappa shape index (κ3) is 3.79. The summed E-state index contributed by atoms with van der Waals surface area (Å²) in [5.74, 6) is -0.542. The lowest BCUT2D eigenvalue weighted by Gasteiger charge is -2.10. The summed E-state index contributed by atoms with van der Waals surface area (Å²) in [5, 5.41) is 2.92. The molecule has 1 heterocycles. The summed E-state index contributed by atoms with van der Waals surface area (Å²) in [6.45, 7) is 5.60. The fourth-order valence-corrected chi connectivity index (χ4v) is 2.03. The molecule has 0 spiro atoms. The van der Waals surface area contributed by atoms with E-state index in [1.54, 1.807) is 25.1 Å². The van der Waals surface area contributed by atoms with Crippen molar-refractivity contribution in [1.82, 2.24) is 4.98 Å². The number of halogens is 2. The van der Waals surface area contributed by atoms with Gasteiger partial charge in [-0.2, -0.15) is 0 Å². The Morgan fingerprint density at radius 3 is 2.62 bits per heavy atom. The molecule has 110 valence electrons. The van der Waals surface area contributed by atoms with Crippen LogP contribution in [0, 0.1) is 12.7 Å². The van der Waals surface area contributed by atoms with Crippen molar-refractivity contribution in [2.45, 2.75) is 26.7 Å². The van der Waals surface area contributed by atoms with Crippen molar-refractivity contribution in [3.63, 3.8) is 0 Å². The summed E-state index contributed by atoms with van der Waals surface area (Å²) in [6.07, 6.45) is 0. The number of carbonyl (C=O) groups excluding carboxylic acids is 1. The molecule has 5 heteroatoms. The highest BCUT2D eigenvalue weighted by Crippen LogP contribution is 2.19. The van der Waals surface area contributed by atoms with Crippen LogP contribution in [0.3, 0.4) is 0 Å². The lowest BCUT2D eigenvalue weighted by molar-refractivity contribution is 0.102. The third-order valence-electron chi connectivity index (χ3n) is 3.10. The molecule has 0 atom stereocenters. The van der Waals surface area contributed by atoms with Crippen molar-refractivity contribution in [1.29, 1.82) is 0 Å². The maximum absolute atomic E-state index is 13.5. The van der Waals surface area contributed by atoms with Crippen molar-refractivity contribution < 1.29 is 9.18 Å². The van der Waals surface area contributed by atoms with E-state index in [1.807, 2.05) is 13.8 Å². The molecule has 0 saturated carbocycles. The SMILES string of the molecule is Cc1ccc(NC(=O)c2cc(Cl)nc(C(C)C)c2)cc1F. The van der Waals surface area contributed by atoms with Gasteiger partial charge in [0.15, 0.2) is 0 Å². The number of carbonyl (C=O) groups is 1. The second-order valence-corrected chi connectivity index (χ2v) is 5.56. The van der Waals surface area contributed by atoms with Crippen LogP contribution >= 0.6 is 11.6 Å². The van der Waals surface area contributed by atoms with Crippen molar-refractivity contribution in [3.8, 4) is 0 Å². The van der Waals surface area contributed by atoms with Crippen LogP contribution < -0.4 is 5.32 Å². The number of aryl methyl sites for hydroxylation is 1. The van der Waals surface area contributed by atoms with Gasteiger partial charge in [0.1, 0.15) is 11.0 Å². The van der Waals surface area contributed by atoms with Crippen molar-refractivity contribution in [3.05, 3.63) is 58.1 Å². The molecule has 0 bridgehead atoms. The molecule has 1 aromatic carbocycles. The number of hydrogen-bond acceptors (Lipinski definition) is 2. The fraction of sp³-hybridized carbons (Fsp3) is 0.250. The van der Waals surface area contributed by atoms with Crippen LogP contribution in [-0.2, 0) is 0 Å². The summed E-state index contributed by atoms with van der Waals surface area (Å²) < 4.78 is 13.5. The first-order valence-electron chi connectivity index (χ1n) is 6.62. The maximum Gasteiger partial charge on any atom is 0.255 e. The van der Waals surface area contributed by atoms with Gasteiger partial charge < -0.3 is 5.32 Å². The van der Waals surface area contributed by atoms with E-state index in [0.29, 0.717) is 16.8 Å². The van der Waals surface area contributed by atoms with Gasteiger partial charge in [-0.1, -0.05) is 31.5 Å². The van der Waals surface area contributed by atoms with E-state index in [-0.39, 0.29) is 22.8 Å². The van der Waals surface area contributed by atoms with Gasteiger partial charge in [0, 0.05) is 16.9 Å². The zero-order chi connectivity index (χ0) is 15.6. The predicted molar refractivity (Wildman–Crippen MR) is 82.4 cm³/mol. The molecular formula is C16H16ClFN2O. The van der Waals surface area contributed by atoms with E-state index in [4.69, 9.17) is 11.6 Å². The molecule has 0 aliphatic heterocycles. The minimum Gasteiger partial charge on any atom is -0.322 e. The summed E-state index contributed by atoms with van der Waals surface area (Å²) in [4.78, 5) is 16.4. The van der Waals surface area contributed by atoms with E-state index in [0.717, 1.165) is 5.69 Å². The standard InChI is InChI=1S/C16H16ClFN2O/c1-9(2)14-6-11(7-15(17)20-14)16(21)19-12-5-4-10(3)13(18)8-12/h4-9H,1-3H3,(H,19,21). The smallest absolute Gasteiger partial charge is 0.255 e.